The molecule has 8 heteroatoms. The molecular weight excluding hydrogens is 374 g/mol. The average molecular weight is 399 g/mol. The number of carboxylic acids is 1. The van der Waals surface area contributed by atoms with Crippen molar-refractivity contribution in [3.63, 3.8) is 0 Å². The summed E-state index contributed by atoms with van der Waals surface area (Å²) in [6.45, 7) is -0.0871. The summed E-state index contributed by atoms with van der Waals surface area (Å²) in [5, 5.41) is 12.3. The monoisotopic (exact) mass is 399 g/mol. The van der Waals surface area contributed by atoms with Gasteiger partial charge >= 0.3 is 5.97 Å². The summed E-state index contributed by atoms with van der Waals surface area (Å²) in [6.07, 6.45) is 4.25. The van der Waals surface area contributed by atoms with Crippen LogP contribution in [0.5, 0.6) is 0 Å². The Kier molecular flexibility index (Phi) is 5.25. The molecular formula is C21H25N3O5. The van der Waals surface area contributed by atoms with E-state index in [2.05, 4.69) is 5.32 Å². The SMILES string of the molecule is O=C1CN(C(=O)CCC(=O)N2C(C(=O)O)CC3CCCCC32)c2ccccc2N1. The lowest BCUT2D eigenvalue weighted by atomic mass is 9.84. The van der Waals surface area contributed by atoms with Crippen molar-refractivity contribution in [2.45, 2.75) is 57.0 Å². The first-order chi connectivity index (χ1) is 14.0. The normalized spacial score (nSPS) is 25.8. The highest BCUT2D eigenvalue weighted by atomic mass is 16.4. The number of likely N-dealkylation sites (tertiary alicyclic amines) is 1. The van der Waals surface area contributed by atoms with E-state index >= 15 is 0 Å². The topological polar surface area (TPSA) is 107 Å². The molecule has 3 unspecified atom stereocenters. The molecule has 2 heterocycles. The number of anilines is 2. The Morgan fingerprint density at radius 1 is 1.07 bits per heavy atom. The number of benzene rings is 1. The molecule has 1 aromatic rings. The van der Waals surface area contributed by atoms with E-state index in [9.17, 15) is 24.3 Å². The average Bonchev–Trinajstić information content (AvgIpc) is 3.11. The van der Waals surface area contributed by atoms with Crippen LogP contribution in [-0.2, 0) is 19.2 Å². The van der Waals surface area contributed by atoms with Crippen LogP contribution in [0.2, 0.25) is 0 Å². The maximum absolute atomic E-state index is 12.9. The Labute approximate surface area is 168 Å². The molecule has 0 aromatic heterocycles. The van der Waals surface area contributed by atoms with E-state index in [4.69, 9.17) is 0 Å². The molecule has 29 heavy (non-hydrogen) atoms. The van der Waals surface area contributed by atoms with Crippen molar-refractivity contribution in [2.24, 2.45) is 5.92 Å². The number of nitrogens with one attached hydrogen (secondary N) is 1. The molecule has 2 aliphatic heterocycles. The number of fused-ring (bicyclic) bond motifs is 2. The molecule has 3 atom stereocenters. The van der Waals surface area contributed by atoms with E-state index in [0.717, 1.165) is 25.7 Å². The van der Waals surface area contributed by atoms with Crippen molar-refractivity contribution in [2.75, 3.05) is 16.8 Å². The molecule has 2 N–H and O–H groups in total. The Bertz CT molecular complexity index is 854. The van der Waals surface area contributed by atoms with Crippen LogP contribution in [0.1, 0.15) is 44.9 Å². The van der Waals surface area contributed by atoms with Gasteiger partial charge in [0.25, 0.3) is 0 Å². The van der Waals surface area contributed by atoms with Gasteiger partial charge in [0, 0.05) is 18.9 Å². The highest BCUT2D eigenvalue weighted by molar-refractivity contribution is 6.10. The van der Waals surface area contributed by atoms with Crippen molar-refractivity contribution < 1.29 is 24.3 Å². The number of carbonyl (C=O) groups excluding carboxylic acids is 3. The first-order valence-electron chi connectivity index (χ1n) is 10.2. The maximum atomic E-state index is 12.9. The summed E-state index contributed by atoms with van der Waals surface area (Å²) in [5.41, 5.74) is 1.18. The Morgan fingerprint density at radius 3 is 2.59 bits per heavy atom. The molecule has 3 aliphatic rings. The smallest absolute Gasteiger partial charge is 0.326 e. The van der Waals surface area contributed by atoms with E-state index < -0.39 is 12.0 Å². The van der Waals surface area contributed by atoms with Gasteiger partial charge in [-0.3, -0.25) is 14.4 Å². The van der Waals surface area contributed by atoms with Gasteiger partial charge in [-0.15, -0.1) is 0 Å². The zero-order valence-corrected chi connectivity index (χ0v) is 16.2. The standard InChI is InChI=1S/C21H25N3O5/c25-18-12-23(16-8-4-2-6-14(16)22-18)19(26)9-10-20(27)24-15-7-3-1-5-13(15)11-17(24)21(28)29/h2,4,6,8,13,15,17H,1,3,5,7,9-12H2,(H,22,25)(H,28,29). The van der Waals surface area contributed by atoms with Crippen LogP contribution in [-0.4, -0.2) is 52.3 Å². The van der Waals surface area contributed by atoms with Gasteiger partial charge in [-0.2, -0.15) is 0 Å². The molecule has 154 valence electrons. The van der Waals surface area contributed by atoms with Crippen molar-refractivity contribution in [3.8, 4) is 0 Å². The Balaban J connectivity index is 1.44. The predicted molar refractivity (Wildman–Crippen MR) is 105 cm³/mol. The number of rotatable bonds is 4. The van der Waals surface area contributed by atoms with E-state index in [-0.39, 0.29) is 49.1 Å². The van der Waals surface area contributed by atoms with Crippen LogP contribution in [0, 0.1) is 5.92 Å². The van der Waals surface area contributed by atoms with E-state index in [1.807, 2.05) is 0 Å². The number of carbonyl (C=O) groups is 4. The van der Waals surface area contributed by atoms with Gasteiger partial charge in [-0.1, -0.05) is 25.0 Å². The third kappa shape index (κ3) is 3.71. The molecule has 0 bridgehead atoms. The molecule has 1 aromatic carbocycles. The number of aliphatic carboxylic acids is 1. The lowest BCUT2D eigenvalue weighted by molar-refractivity contribution is -0.150. The van der Waals surface area contributed by atoms with Gasteiger partial charge < -0.3 is 20.2 Å². The first-order valence-corrected chi connectivity index (χ1v) is 10.2. The molecule has 2 fully saturated rings. The third-order valence-electron chi connectivity index (χ3n) is 6.29. The first kappa shape index (κ1) is 19.4. The molecule has 1 saturated heterocycles. The number of nitrogens with zero attached hydrogens (tertiary/aromatic N) is 2. The summed E-state index contributed by atoms with van der Waals surface area (Å²) in [4.78, 5) is 52.2. The minimum Gasteiger partial charge on any atom is -0.480 e. The fourth-order valence-corrected chi connectivity index (χ4v) is 4.97. The highest BCUT2D eigenvalue weighted by Gasteiger charge is 2.47. The minimum absolute atomic E-state index is 0.0334. The molecule has 8 nitrogen and oxygen atoms in total. The lowest BCUT2D eigenvalue weighted by Crippen LogP contribution is -2.47. The summed E-state index contributed by atoms with van der Waals surface area (Å²) < 4.78 is 0. The van der Waals surface area contributed by atoms with Gasteiger partial charge in [0.1, 0.15) is 12.6 Å². The van der Waals surface area contributed by atoms with Crippen molar-refractivity contribution >= 4 is 35.1 Å². The second-order valence-corrected chi connectivity index (χ2v) is 8.05. The summed E-state index contributed by atoms with van der Waals surface area (Å²) in [6, 6.07) is 6.20. The predicted octanol–water partition coefficient (Wildman–Crippen LogP) is 2.00. The zero-order chi connectivity index (χ0) is 20.5. The zero-order valence-electron chi connectivity index (χ0n) is 16.2. The molecule has 0 radical (unpaired) electrons. The maximum Gasteiger partial charge on any atom is 0.326 e. The van der Waals surface area contributed by atoms with Crippen molar-refractivity contribution in [1.82, 2.24) is 4.90 Å². The fourth-order valence-electron chi connectivity index (χ4n) is 4.97. The van der Waals surface area contributed by atoms with Crippen LogP contribution < -0.4 is 10.2 Å². The molecule has 1 saturated carbocycles. The molecule has 4 rings (SSSR count). The van der Waals surface area contributed by atoms with Gasteiger partial charge in [0.15, 0.2) is 0 Å². The molecule has 3 amide bonds. The minimum atomic E-state index is -0.972. The van der Waals surface area contributed by atoms with Crippen LogP contribution in [0.15, 0.2) is 24.3 Å². The quantitative estimate of drug-likeness (QED) is 0.805. The second kappa shape index (κ2) is 7.85. The van der Waals surface area contributed by atoms with E-state index in [0.29, 0.717) is 17.8 Å². The number of hydrogen-bond donors (Lipinski definition) is 2. The number of para-hydroxylation sites is 2. The molecule has 0 spiro atoms. The summed E-state index contributed by atoms with van der Waals surface area (Å²) in [5.74, 6) is -1.61. The van der Waals surface area contributed by atoms with Gasteiger partial charge in [-0.05, 0) is 37.3 Å². The van der Waals surface area contributed by atoms with Crippen molar-refractivity contribution in [3.05, 3.63) is 24.3 Å². The van der Waals surface area contributed by atoms with Crippen LogP contribution in [0.25, 0.3) is 0 Å². The van der Waals surface area contributed by atoms with Crippen LogP contribution in [0.4, 0.5) is 11.4 Å². The fraction of sp³-hybridized carbons (Fsp3) is 0.524. The lowest BCUT2D eigenvalue weighted by Gasteiger charge is -2.33. The van der Waals surface area contributed by atoms with Gasteiger partial charge in [-0.25, -0.2) is 4.79 Å². The highest BCUT2D eigenvalue weighted by Crippen LogP contribution is 2.40. The third-order valence-corrected chi connectivity index (χ3v) is 6.29. The van der Waals surface area contributed by atoms with Gasteiger partial charge in [0.05, 0.1) is 11.4 Å². The number of hydrogen-bond acceptors (Lipinski definition) is 4. The van der Waals surface area contributed by atoms with E-state index in [1.54, 1.807) is 24.3 Å². The van der Waals surface area contributed by atoms with Gasteiger partial charge in [0.2, 0.25) is 17.7 Å². The van der Waals surface area contributed by atoms with Crippen molar-refractivity contribution in [1.29, 1.82) is 0 Å². The largest absolute Gasteiger partial charge is 0.480 e. The Hall–Kier alpha value is -2.90. The summed E-state index contributed by atoms with van der Waals surface area (Å²) >= 11 is 0. The summed E-state index contributed by atoms with van der Waals surface area (Å²) in [7, 11) is 0. The van der Waals surface area contributed by atoms with Crippen LogP contribution in [0.3, 0.4) is 0 Å². The number of amides is 3. The Morgan fingerprint density at radius 2 is 1.79 bits per heavy atom. The molecule has 1 aliphatic carbocycles. The number of carboxylic acid groups (broad SMARTS) is 1. The second-order valence-electron chi connectivity index (χ2n) is 8.05. The van der Waals surface area contributed by atoms with E-state index in [1.165, 1.54) is 9.80 Å². The van der Waals surface area contributed by atoms with Crippen LogP contribution >= 0.6 is 0 Å².